The average Bonchev–Trinajstić information content (AvgIpc) is 3.22. The molecule has 1 aliphatic rings. The van der Waals surface area contributed by atoms with Crippen molar-refractivity contribution in [2.45, 2.75) is 25.3 Å². The lowest BCUT2D eigenvalue weighted by Gasteiger charge is -2.33. The SMILES string of the molecule is Oc1c(C(c2ccsc2)N2CCCCC2)sc2ncnn12. The normalized spacial score (nSPS) is 18.3. The molecule has 1 fully saturated rings. The van der Waals surface area contributed by atoms with Gasteiger partial charge < -0.3 is 5.11 Å². The standard InChI is InChI=1S/C14H16N4OS2/c19-13-12(21-14-15-9-16-18(13)14)11(10-4-7-20-8-10)17-5-2-1-3-6-17/h4,7-9,11,19H,1-3,5-6H2. The molecule has 0 bridgehead atoms. The highest BCUT2D eigenvalue weighted by atomic mass is 32.1. The van der Waals surface area contributed by atoms with Gasteiger partial charge in [0.15, 0.2) is 0 Å². The fourth-order valence-electron chi connectivity index (χ4n) is 3.01. The Morgan fingerprint density at radius 2 is 2.10 bits per heavy atom. The fourth-order valence-corrected chi connectivity index (χ4v) is 4.78. The van der Waals surface area contributed by atoms with Gasteiger partial charge in [-0.25, -0.2) is 4.98 Å². The van der Waals surface area contributed by atoms with Gasteiger partial charge in [-0.05, 0) is 48.3 Å². The molecule has 3 aromatic rings. The minimum absolute atomic E-state index is 0.116. The van der Waals surface area contributed by atoms with Crippen LogP contribution in [-0.4, -0.2) is 37.7 Å². The summed E-state index contributed by atoms with van der Waals surface area (Å²) < 4.78 is 1.53. The fraction of sp³-hybridized carbons (Fsp3) is 0.429. The molecule has 21 heavy (non-hydrogen) atoms. The van der Waals surface area contributed by atoms with E-state index in [2.05, 4.69) is 31.8 Å². The molecule has 3 aromatic heterocycles. The number of nitrogens with zero attached hydrogens (tertiary/aromatic N) is 4. The van der Waals surface area contributed by atoms with Crippen molar-refractivity contribution in [1.82, 2.24) is 19.5 Å². The zero-order valence-corrected chi connectivity index (χ0v) is 13.1. The van der Waals surface area contributed by atoms with Crippen LogP contribution in [0.4, 0.5) is 0 Å². The number of likely N-dealkylation sites (tertiary alicyclic amines) is 1. The van der Waals surface area contributed by atoms with E-state index in [0.29, 0.717) is 0 Å². The van der Waals surface area contributed by atoms with Crippen molar-refractivity contribution in [3.05, 3.63) is 33.6 Å². The van der Waals surface area contributed by atoms with E-state index in [4.69, 9.17) is 0 Å². The minimum atomic E-state index is 0.116. The third kappa shape index (κ3) is 2.25. The van der Waals surface area contributed by atoms with E-state index in [1.807, 2.05) is 0 Å². The van der Waals surface area contributed by atoms with E-state index in [0.717, 1.165) is 22.9 Å². The Labute approximate surface area is 130 Å². The number of thiophene rings is 1. The summed E-state index contributed by atoms with van der Waals surface area (Å²) in [7, 11) is 0. The third-order valence-electron chi connectivity index (χ3n) is 4.00. The van der Waals surface area contributed by atoms with Gasteiger partial charge in [0.05, 0.1) is 10.9 Å². The van der Waals surface area contributed by atoms with Crippen LogP contribution in [0.3, 0.4) is 0 Å². The quantitative estimate of drug-likeness (QED) is 0.805. The zero-order valence-electron chi connectivity index (χ0n) is 11.5. The van der Waals surface area contributed by atoms with Gasteiger partial charge in [-0.1, -0.05) is 17.8 Å². The van der Waals surface area contributed by atoms with E-state index >= 15 is 0 Å². The zero-order chi connectivity index (χ0) is 14.2. The van der Waals surface area contributed by atoms with Gasteiger partial charge in [-0.2, -0.15) is 21.0 Å². The predicted molar refractivity (Wildman–Crippen MR) is 84.1 cm³/mol. The number of fused-ring (bicyclic) bond motifs is 1. The van der Waals surface area contributed by atoms with E-state index in [9.17, 15) is 5.11 Å². The largest absolute Gasteiger partial charge is 0.492 e. The summed E-state index contributed by atoms with van der Waals surface area (Å²) in [5.41, 5.74) is 1.25. The first-order valence-corrected chi connectivity index (χ1v) is 8.88. The van der Waals surface area contributed by atoms with Crippen LogP contribution in [0.15, 0.2) is 23.2 Å². The maximum atomic E-state index is 10.5. The number of aromatic hydroxyl groups is 1. The molecule has 1 unspecified atom stereocenters. The smallest absolute Gasteiger partial charge is 0.230 e. The molecule has 110 valence electrons. The molecule has 1 aliphatic heterocycles. The molecular formula is C14H16N4OS2. The summed E-state index contributed by atoms with van der Waals surface area (Å²) in [4.78, 5) is 8.37. The number of rotatable bonds is 3. The van der Waals surface area contributed by atoms with Crippen LogP contribution in [0.1, 0.15) is 35.7 Å². The van der Waals surface area contributed by atoms with Crippen molar-refractivity contribution in [1.29, 1.82) is 0 Å². The molecule has 7 heteroatoms. The number of hydrogen-bond donors (Lipinski definition) is 1. The number of aromatic nitrogens is 3. The molecule has 1 saturated heterocycles. The average molecular weight is 320 g/mol. The van der Waals surface area contributed by atoms with Crippen molar-refractivity contribution in [3.8, 4) is 5.88 Å². The van der Waals surface area contributed by atoms with E-state index < -0.39 is 0 Å². The molecule has 4 rings (SSSR count). The minimum Gasteiger partial charge on any atom is -0.492 e. The van der Waals surface area contributed by atoms with Crippen molar-refractivity contribution < 1.29 is 5.11 Å². The molecular weight excluding hydrogens is 304 g/mol. The number of hydrogen-bond acceptors (Lipinski definition) is 6. The van der Waals surface area contributed by atoms with Crippen molar-refractivity contribution in [3.63, 3.8) is 0 Å². The van der Waals surface area contributed by atoms with Crippen LogP contribution in [0, 0.1) is 0 Å². The van der Waals surface area contributed by atoms with Gasteiger partial charge in [0, 0.05) is 0 Å². The van der Waals surface area contributed by atoms with Gasteiger partial charge in [-0.3, -0.25) is 4.90 Å². The first kappa shape index (κ1) is 13.2. The van der Waals surface area contributed by atoms with E-state index in [-0.39, 0.29) is 11.9 Å². The highest BCUT2D eigenvalue weighted by Crippen LogP contribution is 2.41. The Hall–Kier alpha value is -1.44. The van der Waals surface area contributed by atoms with Crippen LogP contribution in [-0.2, 0) is 0 Å². The van der Waals surface area contributed by atoms with Crippen LogP contribution in [0.5, 0.6) is 5.88 Å². The molecule has 0 saturated carbocycles. The maximum absolute atomic E-state index is 10.5. The van der Waals surface area contributed by atoms with Gasteiger partial charge in [-0.15, -0.1) is 0 Å². The molecule has 0 aliphatic carbocycles. The summed E-state index contributed by atoms with van der Waals surface area (Å²) in [5, 5.41) is 18.9. The summed E-state index contributed by atoms with van der Waals surface area (Å²) >= 11 is 3.23. The van der Waals surface area contributed by atoms with E-state index in [1.165, 1.54) is 47.0 Å². The predicted octanol–water partition coefficient (Wildman–Crippen LogP) is 3.13. The molecule has 1 atom stereocenters. The highest BCUT2D eigenvalue weighted by molar-refractivity contribution is 7.17. The Bertz CT molecular complexity index is 727. The first-order valence-electron chi connectivity index (χ1n) is 7.12. The lowest BCUT2D eigenvalue weighted by atomic mass is 10.0. The first-order chi connectivity index (χ1) is 10.3. The Morgan fingerprint density at radius 1 is 1.24 bits per heavy atom. The van der Waals surface area contributed by atoms with Gasteiger partial charge in [0.1, 0.15) is 6.33 Å². The molecule has 5 nitrogen and oxygen atoms in total. The van der Waals surface area contributed by atoms with Crippen molar-refractivity contribution >= 4 is 27.6 Å². The highest BCUT2D eigenvalue weighted by Gasteiger charge is 2.30. The monoisotopic (exact) mass is 320 g/mol. The lowest BCUT2D eigenvalue weighted by Crippen LogP contribution is -2.33. The second-order valence-corrected chi connectivity index (χ2v) is 7.09. The molecule has 0 aromatic carbocycles. The summed E-state index contributed by atoms with van der Waals surface area (Å²) in [6.07, 6.45) is 5.23. The van der Waals surface area contributed by atoms with Crippen LogP contribution in [0.25, 0.3) is 4.96 Å². The van der Waals surface area contributed by atoms with Crippen molar-refractivity contribution in [2.75, 3.05) is 13.1 Å². The molecule has 0 spiro atoms. The topological polar surface area (TPSA) is 53.7 Å². The molecule has 0 radical (unpaired) electrons. The summed E-state index contributed by atoms with van der Waals surface area (Å²) in [5.74, 6) is 0.231. The van der Waals surface area contributed by atoms with E-state index in [1.54, 1.807) is 11.3 Å². The Morgan fingerprint density at radius 3 is 2.81 bits per heavy atom. The number of piperidine rings is 1. The summed E-state index contributed by atoms with van der Waals surface area (Å²) in [6, 6.07) is 2.27. The second-order valence-electron chi connectivity index (χ2n) is 5.30. The van der Waals surface area contributed by atoms with Crippen molar-refractivity contribution in [2.24, 2.45) is 0 Å². The third-order valence-corrected chi connectivity index (χ3v) is 5.79. The Balaban J connectivity index is 1.81. The molecule has 4 heterocycles. The van der Waals surface area contributed by atoms with Gasteiger partial charge >= 0.3 is 0 Å². The molecule has 1 N–H and O–H groups in total. The second kappa shape index (κ2) is 5.40. The van der Waals surface area contributed by atoms with Crippen LogP contribution < -0.4 is 0 Å². The number of thiazole rings is 1. The van der Waals surface area contributed by atoms with Crippen LogP contribution in [0.2, 0.25) is 0 Å². The van der Waals surface area contributed by atoms with Crippen LogP contribution >= 0.6 is 22.7 Å². The maximum Gasteiger partial charge on any atom is 0.230 e. The van der Waals surface area contributed by atoms with Gasteiger partial charge in [0.25, 0.3) is 0 Å². The molecule has 0 amide bonds. The lowest BCUT2D eigenvalue weighted by molar-refractivity contribution is 0.187. The summed E-state index contributed by atoms with van der Waals surface area (Å²) in [6.45, 7) is 2.15. The Kier molecular flexibility index (Phi) is 3.40. The van der Waals surface area contributed by atoms with Gasteiger partial charge in [0.2, 0.25) is 10.8 Å².